The fraction of sp³-hybridized carbons (Fsp3) is 0.105. The Morgan fingerprint density at radius 1 is 1.20 bits per heavy atom. The highest BCUT2D eigenvalue weighted by molar-refractivity contribution is 6.08. The maximum atomic E-state index is 11.7. The van der Waals surface area contributed by atoms with Crippen LogP contribution in [0.3, 0.4) is 0 Å². The van der Waals surface area contributed by atoms with Crippen molar-refractivity contribution in [2.24, 2.45) is 11.5 Å². The zero-order valence-corrected chi connectivity index (χ0v) is 13.4. The maximum Gasteiger partial charge on any atom is 0.250 e. The predicted molar refractivity (Wildman–Crippen MR) is 96.8 cm³/mol. The second-order valence-corrected chi connectivity index (χ2v) is 5.57. The number of nitrogens with two attached hydrogens (primary N) is 2. The summed E-state index contributed by atoms with van der Waals surface area (Å²) in [6, 6.07) is 16.8. The normalized spacial score (nSPS) is 11.7. The van der Waals surface area contributed by atoms with E-state index in [9.17, 15) is 10.1 Å². The van der Waals surface area contributed by atoms with E-state index in [2.05, 4.69) is 16.4 Å². The molecule has 0 spiro atoms. The summed E-state index contributed by atoms with van der Waals surface area (Å²) in [5.74, 6) is -0.563. The largest absolute Gasteiger partial charge is 0.375 e. The lowest BCUT2D eigenvalue weighted by Gasteiger charge is -2.21. The van der Waals surface area contributed by atoms with Gasteiger partial charge in [0.05, 0.1) is 28.4 Å². The van der Waals surface area contributed by atoms with E-state index in [0.29, 0.717) is 34.3 Å². The first kappa shape index (κ1) is 16.4. The number of hydrogen-bond donors (Lipinski definition) is 3. The Balaban J connectivity index is 2.15. The summed E-state index contributed by atoms with van der Waals surface area (Å²) in [7, 11) is 0. The molecule has 1 aromatic heterocycles. The number of fused-ring (bicyclic) bond motifs is 1. The number of benzene rings is 2. The van der Waals surface area contributed by atoms with Crippen LogP contribution in [0, 0.1) is 11.3 Å². The summed E-state index contributed by atoms with van der Waals surface area (Å²) in [5.41, 5.74) is 14.1. The Hall–Kier alpha value is -3.43. The van der Waals surface area contributed by atoms with Gasteiger partial charge in [0.2, 0.25) is 0 Å². The van der Waals surface area contributed by atoms with E-state index in [4.69, 9.17) is 11.5 Å². The fourth-order valence-corrected chi connectivity index (χ4v) is 2.80. The lowest BCUT2D eigenvalue weighted by molar-refractivity contribution is 0.100. The molecule has 0 aliphatic carbocycles. The highest BCUT2D eigenvalue weighted by Gasteiger charge is 2.17. The first-order chi connectivity index (χ1) is 12.2. The van der Waals surface area contributed by atoms with Crippen molar-refractivity contribution in [1.82, 2.24) is 4.98 Å². The van der Waals surface area contributed by atoms with Crippen LogP contribution in [0.1, 0.15) is 27.5 Å². The highest BCUT2D eigenvalue weighted by atomic mass is 16.1. The van der Waals surface area contributed by atoms with E-state index in [1.54, 1.807) is 18.2 Å². The summed E-state index contributed by atoms with van der Waals surface area (Å²) in [5, 5.41) is 13.5. The van der Waals surface area contributed by atoms with Gasteiger partial charge in [-0.2, -0.15) is 5.26 Å². The molecular formula is C19H17N5O. The quantitative estimate of drug-likeness (QED) is 0.663. The molecule has 0 aliphatic rings. The van der Waals surface area contributed by atoms with Gasteiger partial charge in [-0.05, 0) is 11.6 Å². The van der Waals surface area contributed by atoms with Crippen LogP contribution in [0.4, 0.5) is 5.69 Å². The topological polar surface area (TPSA) is 118 Å². The summed E-state index contributed by atoms with van der Waals surface area (Å²) >= 11 is 0. The Bertz CT molecular complexity index is 963. The molecule has 3 aromatic rings. The van der Waals surface area contributed by atoms with E-state index in [0.717, 1.165) is 5.56 Å². The summed E-state index contributed by atoms with van der Waals surface area (Å²) in [6.45, 7) is 0.341. The van der Waals surface area contributed by atoms with Crippen LogP contribution in [-0.2, 0) is 0 Å². The molecule has 0 unspecified atom stereocenters. The third kappa shape index (κ3) is 3.13. The number of rotatable bonds is 5. The Labute approximate surface area is 145 Å². The Morgan fingerprint density at radius 3 is 2.60 bits per heavy atom. The van der Waals surface area contributed by atoms with Gasteiger partial charge in [0, 0.05) is 18.1 Å². The van der Waals surface area contributed by atoms with Crippen LogP contribution in [0.25, 0.3) is 10.9 Å². The van der Waals surface area contributed by atoms with E-state index in [1.807, 2.05) is 30.3 Å². The number of amides is 1. The molecule has 5 N–H and O–H groups in total. The van der Waals surface area contributed by atoms with Crippen LogP contribution in [0.15, 0.2) is 54.7 Å². The molecule has 1 amide bonds. The van der Waals surface area contributed by atoms with Crippen molar-refractivity contribution in [2.45, 2.75) is 6.04 Å². The Kier molecular flexibility index (Phi) is 4.59. The van der Waals surface area contributed by atoms with Gasteiger partial charge in [-0.25, -0.2) is 0 Å². The summed E-state index contributed by atoms with van der Waals surface area (Å²) < 4.78 is 0. The van der Waals surface area contributed by atoms with Gasteiger partial charge in [0.1, 0.15) is 6.07 Å². The van der Waals surface area contributed by atoms with Gasteiger partial charge in [0.15, 0.2) is 0 Å². The molecule has 0 fully saturated rings. The minimum Gasteiger partial charge on any atom is -0.375 e. The van der Waals surface area contributed by atoms with Crippen LogP contribution in [-0.4, -0.2) is 17.4 Å². The molecule has 124 valence electrons. The van der Waals surface area contributed by atoms with Crippen molar-refractivity contribution in [3.8, 4) is 6.07 Å². The van der Waals surface area contributed by atoms with Crippen LogP contribution in [0.5, 0.6) is 0 Å². The van der Waals surface area contributed by atoms with Gasteiger partial charge in [-0.15, -0.1) is 0 Å². The number of anilines is 1. The number of carbonyl (C=O) groups excluding carboxylic acids is 1. The minimum atomic E-state index is -0.563. The first-order valence-corrected chi connectivity index (χ1v) is 7.79. The first-order valence-electron chi connectivity index (χ1n) is 7.79. The molecule has 6 nitrogen and oxygen atoms in total. The van der Waals surface area contributed by atoms with E-state index >= 15 is 0 Å². The molecule has 0 aliphatic heterocycles. The monoisotopic (exact) mass is 331 g/mol. The smallest absolute Gasteiger partial charge is 0.250 e. The molecule has 0 saturated heterocycles. The molecule has 2 aromatic carbocycles. The van der Waals surface area contributed by atoms with Gasteiger partial charge in [0.25, 0.3) is 5.91 Å². The third-order valence-electron chi connectivity index (χ3n) is 4.04. The van der Waals surface area contributed by atoms with Crippen LogP contribution >= 0.6 is 0 Å². The number of primary amides is 1. The van der Waals surface area contributed by atoms with Crippen molar-refractivity contribution >= 4 is 22.5 Å². The van der Waals surface area contributed by atoms with E-state index in [-0.39, 0.29) is 6.04 Å². The molecule has 0 saturated carbocycles. The maximum absolute atomic E-state index is 11.7. The number of hydrogen-bond acceptors (Lipinski definition) is 5. The highest BCUT2D eigenvalue weighted by Crippen LogP contribution is 2.30. The second-order valence-electron chi connectivity index (χ2n) is 5.57. The van der Waals surface area contributed by atoms with Crippen molar-refractivity contribution in [3.63, 3.8) is 0 Å². The van der Waals surface area contributed by atoms with Crippen molar-refractivity contribution in [2.75, 3.05) is 11.9 Å². The van der Waals surface area contributed by atoms with Crippen LogP contribution < -0.4 is 16.8 Å². The van der Waals surface area contributed by atoms with Gasteiger partial charge in [-0.3, -0.25) is 9.78 Å². The minimum absolute atomic E-state index is 0.184. The predicted octanol–water partition coefficient (Wildman–Crippen LogP) is 2.32. The molecule has 1 heterocycles. The number of carbonyl (C=O) groups is 1. The molecule has 0 radical (unpaired) electrons. The zero-order valence-electron chi connectivity index (χ0n) is 13.4. The molecule has 6 heteroatoms. The molecule has 1 atom stereocenters. The van der Waals surface area contributed by atoms with Crippen molar-refractivity contribution < 1.29 is 4.79 Å². The van der Waals surface area contributed by atoms with Gasteiger partial charge < -0.3 is 16.8 Å². The molecule has 0 bridgehead atoms. The third-order valence-corrected chi connectivity index (χ3v) is 4.04. The van der Waals surface area contributed by atoms with Crippen LogP contribution in [0.2, 0.25) is 0 Å². The average molecular weight is 331 g/mol. The number of para-hydroxylation sites is 1. The van der Waals surface area contributed by atoms with E-state index in [1.165, 1.54) is 6.20 Å². The lowest BCUT2D eigenvalue weighted by atomic mass is 10.0. The van der Waals surface area contributed by atoms with Gasteiger partial charge >= 0.3 is 0 Å². The zero-order chi connectivity index (χ0) is 17.8. The van der Waals surface area contributed by atoms with Crippen molar-refractivity contribution in [1.29, 1.82) is 5.26 Å². The lowest BCUT2D eigenvalue weighted by Crippen LogP contribution is -2.21. The van der Waals surface area contributed by atoms with E-state index < -0.39 is 5.91 Å². The number of nitrogens with zero attached hydrogens (tertiary/aromatic N) is 2. The standard InChI is InChI=1S/C19H17N5O/c20-9-13-11-23-18-14(7-4-8-15(18)19(22)25)17(13)24-16(10-21)12-5-2-1-3-6-12/h1-8,11,16H,10,21H2,(H2,22,25)(H,23,24)/t16-/m1/s1. The fourth-order valence-electron chi connectivity index (χ4n) is 2.80. The summed E-state index contributed by atoms with van der Waals surface area (Å²) in [4.78, 5) is 15.9. The number of aromatic nitrogens is 1. The Morgan fingerprint density at radius 2 is 1.96 bits per heavy atom. The number of nitriles is 1. The molecule has 3 rings (SSSR count). The molecular weight excluding hydrogens is 314 g/mol. The second kappa shape index (κ2) is 6.99. The SMILES string of the molecule is N#Cc1cnc2c(C(N)=O)cccc2c1N[C@H](CN)c1ccccc1. The van der Waals surface area contributed by atoms with Crippen molar-refractivity contribution in [3.05, 3.63) is 71.4 Å². The average Bonchev–Trinajstić information content (AvgIpc) is 2.65. The number of nitrogens with one attached hydrogen (secondary N) is 1. The summed E-state index contributed by atoms with van der Waals surface area (Å²) in [6.07, 6.45) is 1.44. The van der Waals surface area contributed by atoms with Gasteiger partial charge in [-0.1, -0.05) is 42.5 Å². The molecule has 25 heavy (non-hydrogen) atoms. The number of pyridine rings is 1.